The number of nitrogens with zero attached hydrogens (tertiary/aromatic N) is 1. The van der Waals surface area contributed by atoms with Gasteiger partial charge in [-0.25, -0.2) is 9.36 Å². The van der Waals surface area contributed by atoms with Crippen LogP contribution in [0, 0.1) is 20.8 Å². The molecule has 0 aliphatic carbocycles. The zero-order valence-corrected chi connectivity index (χ0v) is 17.4. The number of thiophene rings is 1. The van der Waals surface area contributed by atoms with Gasteiger partial charge in [-0.15, -0.1) is 11.3 Å². The number of fused-ring (bicyclic) bond motifs is 1. The fourth-order valence-corrected chi connectivity index (χ4v) is 4.46. The number of benzene rings is 1. The lowest BCUT2D eigenvalue weighted by molar-refractivity contribution is -0.121. The number of aromatic amines is 1. The predicted octanol–water partition coefficient (Wildman–Crippen LogP) is 2.37. The van der Waals surface area contributed by atoms with Gasteiger partial charge in [0.1, 0.15) is 10.9 Å². The monoisotopic (exact) mass is 414 g/mol. The number of aryl methyl sites for hydroxylation is 3. The lowest BCUT2D eigenvalue weighted by Crippen LogP contribution is -2.42. The Morgan fingerprint density at radius 2 is 1.93 bits per heavy atom. The van der Waals surface area contributed by atoms with E-state index in [1.165, 1.54) is 0 Å². The average Bonchev–Trinajstić information content (AvgIpc) is 2.97. The van der Waals surface area contributed by atoms with E-state index in [9.17, 15) is 19.2 Å². The molecule has 8 nitrogen and oxygen atoms in total. The number of nitrogens with one attached hydrogen (secondary N) is 2. The second kappa shape index (κ2) is 7.67. The molecule has 0 bridgehead atoms. The van der Waals surface area contributed by atoms with Crippen LogP contribution >= 0.6 is 11.3 Å². The summed E-state index contributed by atoms with van der Waals surface area (Å²) in [5, 5.41) is 3.06. The van der Waals surface area contributed by atoms with E-state index in [1.807, 2.05) is 32.0 Å². The van der Waals surface area contributed by atoms with Gasteiger partial charge in [0.25, 0.3) is 11.5 Å². The van der Waals surface area contributed by atoms with Crippen LogP contribution in [-0.2, 0) is 4.79 Å². The Bertz CT molecular complexity index is 1250. The molecule has 9 heteroatoms. The van der Waals surface area contributed by atoms with Crippen LogP contribution in [0.2, 0.25) is 0 Å². The maximum atomic E-state index is 13.0. The van der Waals surface area contributed by atoms with Crippen molar-refractivity contribution in [3.8, 4) is 0 Å². The van der Waals surface area contributed by atoms with Crippen LogP contribution in [0.15, 0.2) is 27.8 Å². The van der Waals surface area contributed by atoms with Crippen molar-refractivity contribution in [1.29, 1.82) is 0 Å². The first-order valence-corrected chi connectivity index (χ1v) is 9.93. The summed E-state index contributed by atoms with van der Waals surface area (Å²) in [6.45, 7) is 7.16. The topological polar surface area (TPSA) is 127 Å². The van der Waals surface area contributed by atoms with E-state index in [2.05, 4.69) is 10.3 Å². The Labute approximate surface area is 170 Å². The molecule has 29 heavy (non-hydrogen) atoms. The van der Waals surface area contributed by atoms with Gasteiger partial charge in [-0.05, 0) is 44.4 Å². The minimum atomic E-state index is -1.05. The van der Waals surface area contributed by atoms with E-state index in [0.29, 0.717) is 21.0 Å². The van der Waals surface area contributed by atoms with Crippen molar-refractivity contribution in [2.75, 3.05) is 5.32 Å². The van der Waals surface area contributed by atoms with Gasteiger partial charge in [-0.1, -0.05) is 24.6 Å². The van der Waals surface area contributed by atoms with E-state index in [4.69, 9.17) is 5.73 Å². The minimum absolute atomic E-state index is 0.201. The van der Waals surface area contributed by atoms with Crippen LogP contribution in [0.3, 0.4) is 0 Å². The van der Waals surface area contributed by atoms with Crippen molar-refractivity contribution < 1.29 is 9.59 Å². The van der Waals surface area contributed by atoms with Gasteiger partial charge in [0.2, 0.25) is 5.91 Å². The molecule has 2 aromatic heterocycles. The largest absolute Gasteiger partial charge is 0.368 e. The van der Waals surface area contributed by atoms with E-state index < -0.39 is 23.2 Å². The van der Waals surface area contributed by atoms with Gasteiger partial charge in [0, 0.05) is 5.69 Å². The molecule has 4 N–H and O–H groups in total. The summed E-state index contributed by atoms with van der Waals surface area (Å²) in [4.78, 5) is 53.1. The lowest BCUT2D eigenvalue weighted by atomic mass is 10.1. The molecular formula is C20H22N4O4S. The normalized spacial score (nSPS) is 12.1. The SMILES string of the molecule is CCC(C(N)=O)n1c(=O)[nH]c2sc(C(=O)Nc3ccc(C)cc3C)c(C)c2c1=O. The number of carbonyl (C=O) groups is 2. The third-order valence-electron chi connectivity index (χ3n) is 4.88. The molecule has 2 heterocycles. The van der Waals surface area contributed by atoms with Crippen molar-refractivity contribution in [2.24, 2.45) is 5.73 Å². The van der Waals surface area contributed by atoms with Gasteiger partial charge in [-0.2, -0.15) is 0 Å². The van der Waals surface area contributed by atoms with E-state index >= 15 is 0 Å². The Morgan fingerprint density at radius 1 is 1.24 bits per heavy atom. The first-order valence-electron chi connectivity index (χ1n) is 9.11. The van der Waals surface area contributed by atoms with E-state index in [0.717, 1.165) is 27.0 Å². The van der Waals surface area contributed by atoms with E-state index in [1.54, 1.807) is 13.8 Å². The van der Waals surface area contributed by atoms with Crippen LogP contribution in [-0.4, -0.2) is 21.4 Å². The molecule has 152 valence electrons. The number of hydrogen-bond donors (Lipinski definition) is 3. The van der Waals surface area contributed by atoms with Gasteiger partial charge < -0.3 is 11.1 Å². The number of H-pyrrole nitrogens is 1. The zero-order valence-electron chi connectivity index (χ0n) is 16.6. The Morgan fingerprint density at radius 3 is 2.52 bits per heavy atom. The summed E-state index contributed by atoms with van der Waals surface area (Å²) in [5.74, 6) is -1.13. The molecule has 3 aromatic rings. The van der Waals surface area contributed by atoms with Crippen LogP contribution in [0.1, 0.15) is 45.7 Å². The van der Waals surface area contributed by atoms with Crippen LogP contribution in [0.5, 0.6) is 0 Å². The quantitative estimate of drug-likeness (QED) is 0.592. The van der Waals surface area contributed by atoms with Crippen LogP contribution in [0.25, 0.3) is 10.2 Å². The Hall–Kier alpha value is -3.20. The smallest absolute Gasteiger partial charge is 0.330 e. The van der Waals surface area contributed by atoms with Crippen LogP contribution in [0.4, 0.5) is 5.69 Å². The van der Waals surface area contributed by atoms with E-state index in [-0.39, 0.29) is 17.7 Å². The highest BCUT2D eigenvalue weighted by atomic mass is 32.1. The number of rotatable bonds is 5. The second-order valence-corrected chi connectivity index (χ2v) is 7.99. The zero-order chi connectivity index (χ0) is 21.5. The molecule has 0 spiro atoms. The first kappa shape index (κ1) is 20.5. The molecule has 0 aliphatic rings. The molecule has 1 atom stereocenters. The second-order valence-electron chi connectivity index (χ2n) is 6.96. The van der Waals surface area contributed by atoms with Gasteiger partial charge in [0.15, 0.2) is 0 Å². The molecule has 0 aliphatic heterocycles. The molecule has 3 rings (SSSR count). The first-order chi connectivity index (χ1) is 13.6. The van der Waals surface area contributed by atoms with Crippen molar-refractivity contribution in [3.05, 3.63) is 60.6 Å². The summed E-state index contributed by atoms with van der Waals surface area (Å²) in [5.41, 5.74) is 7.11. The number of anilines is 1. The number of aromatic nitrogens is 2. The summed E-state index contributed by atoms with van der Waals surface area (Å²) in [7, 11) is 0. The summed E-state index contributed by atoms with van der Waals surface area (Å²) in [6, 6.07) is 4.62. The van der Waals surface area contributed by atoms with Crippen molar-refractivity contribution in [1.82, 2.24) is 9.55 Å². The summed E-state index contributed by atoms with van der Waals surface area (Å²) < 4.78 is 0.830. The Kier molecular flexibility index (Phi) is 5.43. The fraction of sp³-hybridized carbons (Fsp3) is 0.300. The minimum Gasteiger partial charge on any atom is -0.368 e. The third-order valence-corrected chi connectivity index (χ3v) is 6.09. The number of hydrogen-bond acceptors (Lipinski definition) is 5. The molecule has 0 radical (unpaired) electrons. The maximum Gasteiger partial charge on any atom is 0.330 e. The van der Waals surface area contributed by atoms with Gasteiger partial charge in [0.05, 0.1) is 10.3 Å². The average molecular weight is 414 g/mol. The standard InChI is InChI=1S/C20H22N4O4S/c1-5-13(16(21)25)24-19(27)14-11(4)15(29-18(14)23-20(24)28)17(26)22-12-7-6-9(2)8-10(12)3/h6-8,13H,5H2,1-4H3,(H2,21,25)(H,22,26)(H,23,28). The highest BCUT2D eigenvalue weighted by molar-refractivity contribution is 7.20. The fourth-order valence-electron chi connectivity index (χ4n) is 3.37. The van der Waals surface area contributed by atoms with Crippen LogP contribution < -0.4 is 22.3 Å². The summed E-state index contributed by atoms with van der Waals surface area (Å²) >= 11 is 1.03. The number of carbonyl (C=O) groups excluding carboxylic acids is 2. The number of nitrogens with two attached hydrogens (primary N) is 1. The predicted molar refractivity (Wildman–Crippen MR) is 114 cm³/mol. The maximum absolute atomic E-state index is 13.0. The van der Waals surface area contributed by atoms with Gasteiger partial charge in [-0.3, -0.25) is 19.4 Å². The molecule has 2 amide bonds. The molecule has 1 aromatic carbocycles. The summed E-state index contributed by atoms with van der Waals surface area (Å²) in [6.07, 6.45) is 0.201. The molecule has 1 unspecified atom stereocenters. The molecule has 0 fully saturated rings. The Balaban J connectivity index is 2.11. The highest BCUT2D eigenvalue weighted by Crippen LogP contribution is 2.28. The lowest BCUT2D eigenvalue weighted by Gasteiger charge is -2.13. The van der Waals surface area contributed by atoms with Crippen molar-refractivity contribution in [2.45, 2.75) is 40.2 Å². The van der Waals surface area contributed by atoms with Crippen molar-refractivity contribution in [3.63, 3.8) is 0 Å². The number of primary amides is 1. The molecule has 0 saturated carbocycles. The molecular weight excluding hydrogens is 392 g/mol. The molecule has 0 saturated heterocycles. The van der Waals surface area contributed by atoms with Crippen molar-refractivity contribution >= 4 is 39.1 Å². The number of amides is 2. The third kappa shape index (κ3) is 3.61. The van der Waals surface area contributed by atoms with Gasteiger partial charge >= 0.3 is 5.69 Å². The highest BCUT2D eigenvalue weighted by Gasteiger charge is 2.25.